The highest BCUT2D eigenvalue weighted by Crippen LogP contribution is 2.29. The molecule has 2 aliphatic heterocycles. The molecule has 0 aliphatic carbocycles. The van der Waals surface area contributed by atoms with Gasteiger partial charge in [-0.2, -0.15) is 0 Å². The summed E-state index contributed by atoms with van der Waals surface area (Å²) in [6, 6.07) is 8.67. The second kappa shape index (κ2) is 5.83. The summed E-state index contributed by atoms with van der Waals surface area (Å²) in [5.74, 6) is 0.854. The zero-order valence-corrected chi connectivity index (χ0v) is 12.1. The van der Waals surface area contributed by atoms with E-state index in [1.807, 2.05) is 19.1 Å². The van der Waals surface area contributed by atoms with E-state index in [1.165, 1.54) is 32.5 Å². The van der Waals surface area contributed by atoms with E-state index in [2.05, 4.69) is 27.7 Å². The van der Waals surface area contributed by atoms with Crippen molar-refractivity contribution in [2.45, 2.75) is 32.2 Å². The highest BCUT2D eigenvalue weighted by Gasteiger charge is 2.33. The van der Waals surface area contributed by atoms with Gasteiger partial charge in [0.2, 0.25) is 5.91 Å². The molecule has 1 aromatic carbocycles. The van der Waals surface area contributed by atoms with Crippen molar-refractivity contribution in [2.75, 3.05) is 30.3 Å². The molecule has 1 amide bonds. The lowest BCUT2D eigenvalue weighted by Gasteiger charge is -2.31. The smallest absolute Gasteiger partial charge is 0.224 e. The van der Waals surface area contributed by atoms with Gasteiger partial charge in [-0.15, -0.1) is 0 Å². The van der Waals surface area contributed by atoms with Crippen molar-refractivity contribution in [3.05, 3.63) is 24.3 Å². The summed E-state index contributed by atoms with van der Waals surface area (Å²) in [4.78, 5) is 13.9. The van der Waals surface area contributed by atoms with Crippen LogP contribution in [0.2, 0.25) is 0 Å². The maximum atomic E-state index is 11.3. The minimum Gasteiger partial charge on any atom is -0.382 e. The van der Waals surface area contributed by atoms with Crippen molar-refractivity contribution in [3.8, 4) is 0 Å². The number of hydrogen-bond donors (Lipinski definition) is 2. The summed E-state index contributed by atoms with van der Waals surface area (Å²) in [7, 11) is 0. The lowest BCUT2D eigenvalue weighted by Crippen LogP contribution is -2.39. The second-order valence-corrected chi connectivity index (χ2v) is 5.87. The molecule has 108 valence electrons. The highest BCUT2D eigenvalue weighted by atomic mass is 16.1. The fraction of sp³-hybridized carbons (Fsp3) is 0.562. The Labute approximate surface area is 120 Å². The van der Waals surface area contributed by atoms with Gasteiger partial charge in [-0.1, -0.05) is 6.92 Å². The van der Waals surface area contributed by atoms with Gasteiger partial charge in [-0.3, -0.25) is 4.79 Å². The number of nitrogens with zero attached hydrogens (tertiary/aromatic N) is 1. The molecule has 4 nitrogen and oxygen atoms in total. The Morgan fingerprint density at radius 2 is 1.90 bits per heavy atom. The van der Waals surface area contributed by atoms with Crippen LogP contribution >= 0.6 is 0 Å². The van der Waals surface area contributed by atoms with Gasteiger partial charge in [0.15, 0.2) is 0 Å². The number of nitrogens with one attached hydrogen (secondary N) is 2. The first-order valence-corrected chi connectivity index (χ1v) is 7.63. The van der Waals surface area contributed by atoms with Crippen molar-refractivity contribution >= 4 is 17.3 Å². The number of fused-ring (bicyclic) bond motifs is 2. The molecular weight excluding hydrogens is 250 g/mol. The molecule has 2 aliphatic rings. The maximum absolute atomic E-state index is 11.3. The molecule has 2 fully saturated rings. The van der Waals surface area contributed by atoms with Crippen molar-refractivity contribution in [1.29, 1.82) is 0 Å². The van der Waals surface area contributed by atoms with Gasteiger partial charge in [-0.05, 0) is 49.6 Å². The number of amides is 1. The Morgan fingerprint density at radius 3 is 2.65 bits per heavy atom. The third-order valence-corrected chi connectivity index (χ3v) is 4.48. The van der Waals surface area contributed by atoms with Crippen molar-refractivity contribution < 1.29 is 4.79 Å². The van der Waals surface area contributed by atoms with Crippen LogP contribution in [0.25, 0.3) is 0 Å². The van der Waals surface area contributed by atoms with Gasteiger partial charge < -0.3 is 15.5 Å². The van der Waals surface area contributed by atoms with E-state index in [-0.39, 0.29) is 5.91 Å². The van der Waals surface area contributed by atoms with E-state index < -0.39 is 0 Å². The van der Waals surface area contributed by atoms with E-state index in [0.717, 1.165) is 17.3 Å². The molecule has 3 rings (SSSR count). The van der Waals surface area contributed by atoms with Crippen LogP contribution < -0.4 is 10.6 Å². The summed E-state index contributed by atoms with van der Waals surface area (Å²) < 4.78 is 0. The molecule has 4 heteroatoms. The summed E-state index contributed by atoms with van der Waals surface area (Å²) in [5.41, 5.74) is 2.03. The van der Waals surface area contributed by atoms with Crippen LogP contribution in [0.3, 0.4) is 0 Å². The van der Waals surface area contributed by atoms with Gasteiger partial charge >= 0.3 is 0 Å². The number of carbonyl (C=O) groups excluding carboxylic acids is 1. The lowest BCUT2D eigenvalue weighted by molar-refractivity contribution is -0.115. The average Bonchev–Trinajstić information content (AvgIpc) is 2.86. The van der Waals surface area contributed by atoms with Gasteiger partial charge in [-0.25, -0.2) is 0 Å². The second-order valence-electron chi connectivity index (χ2n) is 5.87. The molecular formula is C16H23N3O. The monoisotopic (exact) mass is 273 g/mol. The van der Waals surface area contributed by atoms with Crippen LogP contribution in [-0.4, -0.2) is 36.5 Å². The molecule has 0 saturated carbocycles. The van der Waals surface area contributed by atoms with Gasteiger partial charge in [0.05, 0.1) is 0 Å². The highest BCUT2D eigenvalue weighted by molar-refractivity contribution is 5.90. The quantitative estimate of drug-likeness (QED) is 0.886. The summed E-state index contributed by atoms with van der Waals surface area (Å²) >= 11 is 0. The Hall–Kier alpha value is -1.55. The van der Waals surface area contributed by atoms with Crippen LogP contribution in [0.5, 0.6) is 0 Å². The Bertz CT molecular complexity index is 471. The van der Waals surface area contributed by atoms with E-state index in [0.29, 0.717) is 12.5 Å². The van der Waals surface area contributed by atoms with Crippen molar-refractivity contribution in [1.82, 2.24) is 4.90 Å². The van der Waals surface area contributed by atoms with Gasteiger partial charge in [0.1, 0.15) is 0 Å². The standard InChI is InChI=1S/C16H23N3O/c1-2-16(20)18-14-5-3-13(4-6-14)17-15-8-10-19-9-7-12(15)11-19/h3-6,12,15,17H,2,7-11H2,1H3,(H,18,20). The predicted octanol–water partition coefficient (Wildman–Crippen LogP) is 2.54. The van der Waals surface area contributed by atoms with E-state index >= 15 is 0 Å². The van der Waals surface area contributed by atoms with Crippen LogP contribution in [0.4, 0.5) is 11.4 Å². The van der Waals surface area contributed by atoms with Gasteiger partial charge in [0.25, 0.3) is 0 Å². The maximum Gasteiger partial charge on any atom is 0.224 e. The van der Waals surface area contributed by atoms with Crippen molar-refractivity contribution in [3.63, 3.8) is 0 Å². The largest absolute Gasteiger partial charge is 0.382 e. The number of rotatable bonds is 4. The van der Waals surface area contributed by atoms with Crippen molar-refractivity contribution in [2.24, 2.45) is 5.92 Å². The number of benzene rings is 1. The zero-order chi connectivity index (χ0) is 13.9. The predicted molar refractivity (Wildman–Crippen MR) is 81.9 cm³/mol. The van der Waals surface area contributed by atoms with Crippen LogP contribution in [-0.2, 0) is 4.79 Å². The summed E-state index contributed by atoms with van der Waals surface area (Å²) in [5, 5.41) is 6.54. The Kier molecular flexibility index (Phi) is 3.92. The molecule has 0 radical (unpaired) electrons. The third-order valence-electron chi connectivity index (χ3n) is 4.48. The molecule has 2 N–H and O–H groups in total. The molecule has 3 unspecified atom stereocenters. The third kappa shape index (κ3) is 2.96. The SMILES string of the molecule is CCC(=O)Nc1ccc(NC2CCN3CCC2C3)cc1. The molecule has 0 aromatic heterocycles. The van der Waals surface area contributed by atoms with E-state index in [9.17, 15) is 4.79 Å². The number of hydrogen-bond acceptors (Lipinski definition) is 3. The topological polar surface area (TPSA) is 44.4 Å². The van der Waals surface area contributed by atoms with Crippen LogP contribution in [0.15, 0.2) is 24.3 Å². The zero-order valence-electron chi connectivity index (χ0n) is 12.1. The fourth-order valence-electron chi connectivity index (χ4n) is 3.25. The molecule has 2 bridgehead atoms. The molecule has 2 saturated heterocycles. The minimum atomic E-state index is 0.0593. The average molecular weight is 273 g/mol. The van der Waals surface area contributed by atoms with Crippen LogP contribution in [0.1, 0.15) is 26.2 Å². The Balaban J connectivity index is 1.59. The number of anilines is 2. The molecule has 2 heterocycles. The Morgan fingerprint density at radius 1 is 1.20 bits per heavy atom. The van der Waals surface area contributed by atoms with Crippen LogP contribution in [0, 0.1) is 5.92 Å². The first kappa shape index (κ1) is 13.4. The molecule has 0 spiro atoms. The normalized spacial score (nSPS) is 28.1. The van der Waals surface area contributed by atoms with E-state index in [1.54, 1.807) is 0 Å². The lowest BCUT2D eigenvalue weighted by atomic mass is 9.94. The molecule has 1 aromatic rings. The molecule has 20 heavy (non-hydrogen) atoms. The van der Waals surface area contributed by atoms with E-state index in [4.69, 9.17) is 0 Å². The fourth-order valence-corrected chi connectivity index (χ4v) is 3.25. The summed E-state index contributed by atoms with van der Waals surface area (Å²) in [6.07, 6.45) is 3.07. The minimum absolute atomic E-state index is 0.0593. The first-order valence-electron chi connectivity index (χ1n) is 7.63. The number of carbonyl (C=O) groups is 1. The number of piperidine rings is 1. The molecule has 3 atom stereocenters. The van der Waals surface area contributed by atoms with Gasteiger partial charge in [0, 0.05) is 36.9 Å². The summed E-state index contributed by atoms with van der Waals surface area (Å²) in [6.45, 7) is 5.60. The first-order chi connectivity index (χ1) is 9.74.